The highest BCUT2D eigenvalue weighted by Crippen LogP contribution is 2.28. The van der Waals surface area contributed by atoms with Crippen molar-refractivity contribution in [3.63, 3.8) is 0 Å². The Hall–Kier alpha value is -0.630. The van der Waals surface area contributed by atoms with Crippen molar-refractivity contribution in [2.24, 2.45) is 0 Å². The Morgan fingerprint density at radius 2 is 1.94 bits per heavy atom. The van der Waals surface area contributed by atoms with E-state index in [1.807, 2.05) is 0 Å². The Labute approximate surface area is 125 Å². The summed E-state index contributed by atoms with van der Waals surface area (Å²) in [5, 5.41) is 23.6. The van der Waals surface area contributed by atoms with Gasteiger partial charge in [-0.1, -0.05) is 11.6 Å². The summed E-state index contributed by atoms with van der Waals surface area (Å²) < 4.78 is 2.52. The first kappa shape index (κ1) is 13.8. The maximum Gasteiger partial charge on any atom is 0.218 e. The zero-order chi connectivity index (χ0) is 13.3. The molecule has 0 amide bonds. The lowest BCUT2D eigenvalue weighted by molar-refractivity contribution is 0.275. The zero-order valence-electron chi connectivity index (χ0n) is 8.94. The van der Waals surface area contributed by atoms with Gasteiger partial charge in [-0.15, -0.1) is 5.10 Å². The van der Waals surface area contributed by atoms with Crippen molar-refractivity contribution in [3.05, 3.63) is 37.7 Å². The van der Waals surface area contributed by atoms with Crippen molar-refractivity contribution >= 4 is 43.5 Å². The Bertz CT molecular complexity index is 589. The number of halogens is 3. The van der Waals surface area contributed by atoms with Gasteiger partial charge < -0.3 is 10.2 Å². The quantitative estimate of drug-likeness (QED) is 0.836. The molecule has 0 spiro atoms. The van der Waals surface area contributed by atoms with Gasteiger partial charge in [0.2, 0.25) is 4.73 Å². The molecule has 0 unspecified atom stereocenters. The minimum absolute atomic E-state index is 0.0143. The van der Waals surface area contributed by atoms with Crippen molar-refractivity contribution in [1.82, 2.24) is 14.8 Å². The third-order valence-corrected chi connectivity index (χ3v) is 3.46. The number of aromatic nitrogens is 3. The number of phenols is 1. The van der Waals surface area contributed by atoms with Crippen LogP contribution in [0.1, 0.15) is 11.1 Å². The molecule has 0 aliphatic heterocycles. The van der Waals surface area contributed by atoms with E-state index in [1.54, 1.807) is 10.7 Å². The van der Waals surface area contributed by atoms with Gasteiger partial charge in [0.05, 0.1) is 13.2 Å². The number of rotatable bonds is 3. The van der Waals surface area contributed by atoms with Crippen molar-refractivity contribution in [2.75, 3.05) is 0 Å². The minimum atomic E-state index is -0.276. The standard InChI is InChI=1S/C10H8Br2ClN3O2/c11-9-14-10(12)16(15-9)3-5-1-7(13)2-6(4-17)8(5)18/h1-2,17-18H,3-4H2. The summed E-state index contributed by atoms with van der Waals surface area (Å²) in [6.07, 6.45) is 0. The van der Waals surface area contributed by atoms with E-state index in [2.05, 4.69) is 41.9 Å². The molecule has 2 aromatic rings. The molecule has 96 valence electrons. The number of hydrogen-bond acceptors (Lipinski definition) is 4. The van der Waals surface area contributed by atoms with Gasteiger partial charge in [0.25, 0.3) is 0 Å². The van der Waals surface area contributed by atoms with Crippen molar-refractivity contribution in [2.45, 2.75) is 13.2 Å². The Morgan fingerprint density at radius 3 is 2.50 bits per heavy atom. The van der Waals surface area contributed by atoms with Crippen LogP contribution in [-0.2, 0) is 13.2 Å². The summed E-state index contributed by atoms with van der Waals surface area (Å²) in [6, 6.07) is 3.14. The van der Waals surface area contributed by atoms with E-state index in [-0.39, 0.29) is 12.4 Å². The molecule has 18 heavy (non-hydrogen) atoms. The summed E-state index contributed by atoms with van der Waals surface area (Å²) in [5.41, 5.74) is 0.942. The number of nitrogens with zero attached hydrogens (tertiary/aromatic N) is 3. The molecule has 0 saturated heterocycles. The fourth-order valence-electron chi connectivity index (χ4n) is 1.52. The topological polar surface area (TPSA) is 71.2 Å². The summed E-state index contributed by atoms with van der Waals surface area (Å²) >= 11 is 12.3. The average Bonchev–Trinajstić information content (AvgIpc) is 2.62. The smallest absolute Gasteiger partial charge is 0.218 e. The van der Waals surface area contributed by atoms with Gasteiger partial charge in [-0.25, -0.2) is 4.68 Å². The predicted octanol–water partition coefficient (Wildman–Crippen LogP) is 2.70. The SMILES string of the molecule is OCc1cc(Cl)cc(Cn2nc(Br)nc2Br)c1O. The molecule has 0 atom stereocenters. The van der Waals surface area contributed by atoms with Gasteiger partial charge in [-0.2, -0.15) is 4.98 Å². The van der Waals surface area contributed by atoms with Gasteiger partial charge in [0, 0.05) is 16.1 Å². The van der Waals surface area contributed by atoms with E-state index in [4.69, 9.17) is 16.7 Å². The molecule has 0 aliphatic carbocycles. The van der Waals surface area contributed by atoms with E-state index in [0.717, 1.165) is 0 Å². The Balaban J connectivity index is 2.40. The summed E-state index contributed by atoms with van der Waals surface area (Å²) in [5.74, 6) is 0.0143. The van der Waals surface area contributed by atoms with E-state index in [9.17, 15) is 5.11 Å². The van der Waals surface area contributed by atoms with E-state index in [1.165, 1.54) is 6.07 Å². The van der Waals surface area contributed by atoms with Crippen molar-refractivity contribution in [3.8, 4) is 5.75 Å². The fourth-order valence-corrected chi connectivity index (χ4v) is 2.75. The molecule has 0 aliphatic rings. The van der Waals surface area contributed by atoms with Crippen LogP contribution in [0.15, 0.2) is 21.6 Å². The molecular formula is C10H8Br2ClN3O2. The lowest BCUT2D eigenvalue weighted by atomic mass is 10.1. The number of aliphatic hydroxyl groups is 1. The number of benzene rings is 1. The second kappa shape index (κ2) is 5.56. The van der Waals surface area contributed by atoms with Crippen LogP contribution in [0.2, 0.25) is 5.02 Å². The minimum Gasteiger partial charge on any atom is -0.507 e. The highest BCUT2D eigenvalue weighted by Gasteiger charge is 2.12. The van der Waals surface area contributed by atoms with Crippen LogP contribution >= 0.6 is 43.5 Å². The molecule has 1 heterocycles. The first-order chi connectivity index (χ1) is 8.51. The van der Waals surface area contributed by atoms with Crippen molar-refractivity contribution in [1.29, 1.82) is 0 Å². The maximum absolute atomic E-state index is 9.97. The summed E-state index contributed by atoms with van der Waals surface area (Å²) in [7, 11) is 0. The van der Waals surface area contributed by atoms with Crippen LogP contribution < -0.4 is 0 Å². The van der Waals surface area contributed by atoms with Crippen LogP contribution in [0, 0.1) is 0 Å². The predicted molar refractivity (Wildman–Crippen MR) is 73.6 cm³/mol. The van der Waals surface area contributed by atoms with Crippen LogP contribution in [-0.4, -0.2) is 25.0 Å². The van der Waals surface area contributed by atoms with E-state index < -0.39 is 0 Å². The van der Waals surface area contributed by atoms with Crippen LogP contribution in [0.3, 0.4) is 0 Å². The maximum atomic E-state index is 9.97. The van der Waals surface area contributed by atoms with Crippen LogP contribution in [0.5, 0.6) is 5.75 Å². The van der Waals surface area contributed by atoms with Gasteiger partial charge in [0.15, 0.2) is 4.73 Å². The summed E-state index contributed by atoms with van der Waals surface area (Å²) in [6.45, 7) is 0.0141. The molecule has 0 saturated carbocycles. The molecule has 1 aromatic heterocycles. The van der Waals surface area contributed by atoms with Crippen LogP contribution in [0.25, 0.3) is 0 Å². The molecule has 2 N–H and O–H groups in total. The molecule has 5 nitrogen and oxygen atoms in total. The molecule has 0 fully saturated rings. The van der Waals surface area contributed by atoms with E-state index in [0.29, 0.717) is 32.2 Å². The second-order valence-corrected chi connectivity index (χ2v) is 5.39. The zero-order valence-corrected chi connectivity index (χ0v) is 12.9. The average molecular weight is 397 g/mol. The monoisotopic (exact) mass is 395 g/mol. The van der Waals surface area contributed by atoms with Gasteiger partial charge in [0.1, 0.15) is 5.75 Å². The second-order valence-electron chi connectivity index (χ2n) is 3.54. The largest absolute Gasteiger partial charge is 0.507 e. The molecule has 0 radical (unpaired) electrons. The number of aliphatic hydroxyl groups excluding tert-OH is 1. The van der Waals surface area contributed by atoms with Crippen molar-refractivity contribution < 1.29 is 10.2 Å². The number of aromatic hydroxyl groups is 1. The molecule has 1 aromatic carbocycles. The lowest BCUT2D eigenvalue weighted by Gasteiger charge is -2.09. The van der Waals surface area contributed by atoms with Crippen LogP contribution in [0.4, 0.5) is 0 Å². The van der Waals surface area contributed by atoms with Gasteiger partial charge in [-0.05, 0) is 44.0 Å². The first-order valence-electron chi connectivity index (χ1n) is 4.88. The third kappa shape index (κ3) is 2.85. The Kier molecular flexibility index (Phi) is 4.26. The highest BCUT2D eigenvalue weighted by atomic mass is 79.9. The lowest BCUT2D eigenvalue weighted by Crippen LogP contribution is -2.03. The summed E-state index contributed by atoms with van der Waals surface area (Å²) in [4.78, 5) is 4.02. The third-order valence-electron chi connectivity index (χ3n) is 2.32. The van der Waals surface area contributed by atoms with E-state index >= 15 is 0 Å². The molecule has 2 rings (SSSR count). The normalized spacial score (nSPS) is 10.9. The number of hydrogen-bond donors (Lipinski definition) is 2. The molecule has 0 bridgehead atoms. The van der Waals surface area contributed by atoms with Gasteiger partial charge in [-0.3, -0.25) is 0 Å². The Morgan fingerprint density at radius 1 is 1.28 bits per heavy atom. The van der Waals surface area contributed by atoms with Gasteiger partial charge >= 0.3 is 0 Å². The molecular weight excluding hydrogens is 389 g/mol. The molecule has 8 heteroatoms. The fraction of sp³-hybridized carbons (Fsp3) is 0.200. The first-order valence-corrected chi connectivity index (χ1v) is 6.84. The highest BCUT2D eigenvalue weighted by molar-refractivity contribution is 9.11.